The zero-order chi connectivity index (χ0) is 22.2. The maximum atomic E-state index is 13.1. The van der Waals surface area contributed by atoms with Crippen LogP contribution in [0, 0.1) is 5.92 Å². The van der Waals surface area contributed by atoms with Gasteiger partial charge in [0.05, 0.1) is 13.2 Å². The fraction of sp³-hybridized carbons (Fsp3) is 0.731. The molecule has 3 aliphatic heterocycles. The summed E-state index contributed by atoms with van der Waals surface area (Å²) in [7, 11) is 0. The SMILES string of the molecule is O=C(CC[C@@H]1CN(Cc2ccc(Cl)cc2)CC[C@@H]1N1CCOCC1)N1CCCCCCC1. The monoisotopic (exact) mass is 461 g/mol. The highest BCUT2D eigenvalue weighted by Gasteiger charge is 2.34. The van der Waals surface area contributed by atoms with Gasteiger partial charge in [0.25, 0.3) is 0 Å². The summed E-state index contributed by atoms with van der Waals surface area (Å²) in [5, 5.41) is 0.792. The van der Waals surface area contributed by atoms with Gasteiger partial charge in [-0.05, 0) is 55.8 Å². The van der Waals surface area contributed by atoms with Crippen LogP contribution in [0.3, 0.4) is 0 Å². The van der Waals surface area contributed by atoms with E-state index < -0.39 is 0 Å². The summed E-state index contributed by atoms with van der Waals surface area (Å²) in [6.07, 6.45) is 9.07. The molecule has 0 spiro atoms. The lowest BCUT2D eigenvalue weighted by Crippen LogP contribution is -2.54. The number of ether oxygens (including phenoxy) is 1. The van der Waals surface area contributed by atoms with Gasteiger partial charge >= 0.3 is 0 Å². The Morgan fingerprint density at radius 2 is 1.62 bits per heavy atom. The molecule has 0 aliphatic carbocycles. The molecule has 3 saturated heterocycles. The largest absolute Gasteiger partial charge is 0.379 e. The van der Waals surface area contributed by atoms with E-state index in [0.29, 0.717) is 24.3 Å². The predicted octanol–water partition coefficient (Wildman–Crippen LogP) is 4.44. The molecule has 5 nitrogen and oxygen atoms in total. The second kappa shape index (κ2) is 12.4. The van der Waals surface area contributed by atoms with Gasteiger partial charge < -0.3 is 9.64 Å². The van der Waals surface area contributed by atoms with Crippen molar-refractivity contribution in [3.8, 4) is 0 Å². The number of benzene rings is 1. The van der Waals surface area contributed by atoms with Gasteiger partial charge in [-0.15, -0.1) is 0 Å². The van der Waals surface area contributed by atoms with Crippen LogP contribution in [0.15, 0.2) is 24.3 Å². The summed E-state index contributed by atoms with van der Waals surface area (Å²) in [6.45, 7) is 8.78. The number of halogens is 1. The van der Waals surface area contributed by atoms with Gasteiger partial charge in [-0.2, -0.15) is 0 Å². The fourth-order valence-electron chi connectivity index (χ4n) is 5.72. The van der Waals surface area contributed by atoms with Crippen molar-refractivity contribution in [2.75, 3.05) is 52.5 Å². The molecule has 32 heavy (non-hydrogen) atoms. The molecule has 178 valence electrons. The highest BCUT2D eigenvalue weighted by Crippen LogP contribution is 2.28. The van der Waals surface area contributed by atoms with Gasteiger partial charge in [-0.1, -0.05) is 43.0 Å². The molecule has 0 saturated carbocycles. The standard InChI is InChI=1S/C26H40ClN3O2/c27-24-9-6-22(7-10-24)20-28-15-12-25(29-16-18-32-19-17-29)23(21-28)8-11-26(31)30-13-4-2-1-3-5-14-30/h6-7,9-10,23,25H,1-5,8,11-21H2/t23-,25+/m1/s1. The average molecular weight is 462 g/mol. The minimum atomic E-state index is 0.377. The van der Waals surface area contributed by atoms with Crippen molar-refractivity contribution in [2.24, 2.45) is 5.92 Å². The lowest BCUT2D eigenvalue weighted by atomic mass is 9.86. The highest BCUT2D eigenvalue weighted by atomic mass is 35.5. The molecular formula is C26H40ClN3O2. The van der Waals surface area contributed by atoms with Crippen LogP contribution in [0.4, 0.5) is 0 Å². The Labute approximate surface area is 199 Å². The van der Waals surface area contributed by atoms with Gasteiger partial charge in [-0.25, -0.2) is 0 Å². The molecule has 3 fully saturated rings. The maximum Gasteiger partial charge on any atom is 0.222 e. The topological polar surface area (TPSA) is 36.0 Å². The third-order valence-corrected chi connectivity index (χ3v) is 7.80. The molecule has 1 aromatic rings. The number of rotatable bonds is 6. The normalized spacial score (nSPS) is 26.5. The molecule has 4 rings (SSSR count). The first-order valence-corrected chi connectivity index (χ1v) is 13.1. The third kappa shape index (κ3) is 6.93. The third-order valence-electron chi connectivity index (χ3n) is 7.55. The summed E-state index contributed by atoms with van der Waals surface area (Å²) in [5.74, 6) is 0.912. The first-order valence-electron chi connectivity index (χ1n) is 12.8. The molecule has 0 unspecified atom stereocenters. The zero-order valence-electron chi connectivity index (χ0n) is 19.5. The molecule has 1 aromatic carbocycles. The number of hydrogen-bond donors (Lipinski definition) is 0. The van der Waals surface area contributed by atoms with E-state index in [4.69, 9.17) is 16.3 Å². The first-order chi connectivity index (χ1) is 15.7. The summed E-state index contributed by atoms with van der Waals surface area (Å²) in [4.78, 5) is 20.4. The van der Waals surface area contributed by atoms with Crippen LogP contribution in [0.2, 0.25) is 5.02 Å². The summed E-state index contributed by atoms with van der Waals surface area (Å²) >= 11 is 6.07. The van der Waals surface area contributed by atoms with E-state index in [-0.39, 0.29) is 0 Å². The van der Waals surface area contributed by atoms with Crippen molar-refractivity contribution in [3.05, 3.63) is 34.9 Å². The van der Waals surface area contributed by atoms with E-state index >= 15 is 0 Å². The molecule has 0 radical (unpaired) electrons. The fourth-order valence-corrected chi connectivity index (χ4v) is 5.85. The van der Waals surface area contributed by atoms with Crippen LogP contribution in [-0.2, 0) is 16.1 Å². The molecule has 0 aromatic heterocycles. The lowest BCUT2D eigenvalue weighted by molar-refractivity contribution is -0.132. The summed E-state index contributed by atoms with van der Waals surface area (Å²) < 4.78 is 5.61. The lowest BCUT2D eigenvalue weighted by Gasteiger charge is -2.45. The van der Waals surface area contributed by atoms with Crippen molar-refractivity contribution in [3.63, 3.8) is 0 Å². The number of nitrogens with zero attached hydrogens (tertiary/aromatic N) is 3. The second-order valence-corrected chi connectivity index (χ2v) is 10.2. The van der Waals surface area contributed by atoms with Gasteiger partial charge in [0.1, 0.15) is 0 Å². The number of hydrogen-bond acceptors (Lipinski definition) is 4. The molecule has 0 N–H and O–H groups in total. The molecular weight excluding hydrogens is 422 g/mol. The Morgan fingerprint density at radius 1 is 0.938 bits per heavy atom. The maximum absolute atomic E-state index is 13.1. The second-order valence-electron chi connectivity index (χ2n) is 9.81. The van der Waals surface area contributed by atoms with Gasteiger partial charge in [-0.3, -0.25) is 14.6 Å². The van der Waals surface area contributed by atoms with E-state index in [0.717, 1.165) is 70.5 Å². The van der Waals surface area contributed by atoms with Gasteiger partial charge in [0, 0.05) is 56.8 Å². The van der Waals surface area contributed by atoms with Crippen molar-refractivity contribution < 1.29 is 9.53 Å². The smallest absolute Gasteiger partial charge is 0.222 e. The van der Waals surface area contributed by atoms with E-state index in [1.165, 1.54) is 44.1 Å². The minimum absolute atomic E-state index is 0.377. The number of morpholine rings is 1. The highest BCUT2D eigenvalue weighted by molar-refractivity contribution is 6.30. The van der Waals surface area contributed by atoms with Crippen molar-refractivity contribution in [1.29, 1.82) is 0 Å². The Bertz CT molecular complexity index is 700. The Kier molecular flexibility index (Phi) is 9.27. The summed E-state index contributed by atoms with van der Waals surface area (Å²) in [6, 6.07) is 8.81. The molecule has 6 heteroatoms. The molecule has 1 amide bonds. The number of carbonyl (C=O) groups excluding carboxylic acids is 1. The quantitative estimate of drug-likeness (QED) is 0.627. The zero-order valence-corrected chi connectivity index (χ0v) is 20.3. The number of likely N-dealkylation sites (tertiary alicyclic amines) is 2. The molecule has 3 aliphatic rings. The average Bonchev–Trinajstić information content (AvgIpc) is 2.79. The van der Waals surface area contributed by atoms with Gasteiger partial charge in [0.2, 0.25) is 5.91 Å². The number of piperidine rings is 1. The van der Waals surface area contributed by atoms with Crippen LogP contribution in [-0.4, -0.2) is 79.1 Å². The van der Waals surface area contributed by atoms with E-state index in [1.54, 1.807) is 0 Å². The van der Waals surface area contributed by atoms with Crippen LogP contribution < -0.4 is 0 Å². The van der Waals surface area contributed by atoms with E-state index in [1.807, 2.05) is 12.1 Å². The predicted molar refractivity (Wildman–Crippen MR) is 130 cm³/mol. The molecule has 2 atom stereocenters. The Morgan fingerprint density at radius 3 is 2.34 bits per heavy atom. The van der Waals surface area contributed by atoms with Crippen LogP contribution in [0.5, 0.6) is 0 Å². The summed E-state index contributed by atoms with van der Waals surface area (Å²) in [5.41, 5.74) is 1.31. The Balaban J connectivity index is 1.36. The number of carbonyl (C=O) groups is 1. The van der Waals surface area contributed by atoms with Crippen LogP contribution in [0.25, 0.3) is 0 Å². The van der Waals surface area contributed by atoms with Gasteiger partial charge in [0.15, 0.2) is 0 Å². The molecule has 3 heterocycles. The van der Waals surface area contributed by atoms with Crippen molar-refractivity contribution in [2.45, 2.75) is 64.0 Å². The van der Waals surface area contributed by atoms with Crippen LogP contribution >= 0.6 is 11.6 Å². The van der Waals surface area contributed by atoms with Crippen LogP contribution in [0.1, 0.15) is 56.9 Å². The molecule has 0 bridgehead atoms. The van der Waals surface area contributed by atoms with Crippen molar-refractivity contribution >= 4 is 17.5 Å². The number of amides is 1. The first kappa shape index (κ1) is 24.0. The van der Waals surface area contributed by atoms with E-state index in [9.17, 15) is 4.79 Å². The minimum Gasteiger partial charge on any atom is -0.379 e. The Hall–Kier alpha value is -1.14. The van der Waals surface area contributed by atoms with Crippen molar-refractivity contribution in [1.82, 2.24) is 14.7 Å². The van der Waals surface area contributed by atoms with E-state index in [2.05, 4.69) is 26.8 Å².